The van der Waals surface area contributed by atoms with Crippen molar-refractivity contribution in [3.63, 3.8) is 0 Å². The van der Waals surface area contributed by atoms with Crippen molar-refractivity contribution in [3.05, 3.63) is 35.4 Å². The van der Waals surface area contributed by atoms with Crippen molar-refractivity contribution in [1.82, 2.24) is 15.0 Å². The average Bonchev–Trinajstić information content (AvgIpc) is 2.49. The highest BCUT2D eigenvalue weighted by Crippen LogP contribution is 2.17. The van der Waals surface area contributed by atoms with E-state index in [1.807, 2.05) is 31.0 Å². The topological polar surface area (TPSA) is 89.2 Å². The fraction of sp³-hybridized carbons (Fsp3) is 0.357. The number of aryl methyl sites for hydroxylation is 1. The Balaban J connectivity index is 2.23. The number of benzene rings is 1. The zero-order valence-corrected chi connectivity index (χ0v) is 12.5. The molecule has 0 aliphatic carbocycles. The van der Waals surface area contributed by atoms with Crippen molar-refractivity contribution < 1.29 is 4.74 Å². The van der Waals surface area contributed by atoms with Crippen LogP contribution in [0.3, 0.4) is 0 Å². The molecule has 2 aromatic rings. The van der Waals surface area contributed by atoms with E-state index in [0.29, 0.717) is 19.1 Å². The Hall–Kier alpha value is -2.41. The van der Waals surface area contributed by atoms with Crippen LogP contribution in [-0.4, -0.2) is 28.6 Å². The quantitative estimate of drug-likeness (QED) is 0.615. The molecule has 7 heteroatoms. The summed E-state index contributed by atoms with van der Waals surface area (Å²) in [6, 6.07) is 8.45. The highest BCUT2D eigenvalue weighted by atomic mass is 16.5. The predicted molar refractivity (Wildman–Crippen MR) is 82.1 cm³/mol. The number of nitrogens with zero attached hydrogens (tertiary/aromatic N) is 4. The monoisotopic (exact) mass is 288 g/mol. The first-order chi connectivity index (χ1) is 10.1. The normalized spacial score (nSPS) is 10.3. The van der Waals surface area contributed by atoms with Crippen molar-refractivity contribution in [3.8, 4) is 6.01 Å². The third-order valence-corrected chi connectivity index (χ3v) is 3.02. The molecule has 7 nitrogen and oxygen atoms in total. The Bertz CT molecular complexity index is 604. The van der Waals surface area contributed by atoms with Gasteiger partial charge in [-0.1, -0.05) is 24.3 Å². The lowest BCUT2D eigenvalue weighted by atomic mass is 10.1. The highest BCUT2D eigenvalue weighted by molar-refractivity contribution is 5.39. The van der Waals surface area contributed by atoms with Gasteiger partial charge in [0.2, 0.25) is 11.9 Å². The van der Waals surface area contributed by atoms with Crippen LogP contribution in [-0.2, 0) is 6.54 Å². The first-order valence-electron chi connectivity index (χ1n) is 6.75. The van der Waals surface area contributed by atoms with Gasteiger partial charge in [0, 0.05) is 13.6 Å². The third kappa shape index (κ3) is 3.79. The Labute approximate surface area is 124 Å². The molecule has 0 atom stereocenters. The molecule has 0 bridgehead atoms. The average molecular weight is 288 g/mol. The Morgan fingerprint density at radius 3 is 2.67 bits per heavy atom. The lowest BCUT2D eigenvalue weighted by molar-refractivity contribution is 0.312. The van der Waals surface area contributed by atoms with E-state index in [-0.39, 0.29) is 12.0 Å². The standard InChI is InChI=1S/C14H20N6O/c1-4-21-14-17-12(19-15)16-13(18-14)20(3)9-11-8-6-5-7-10(11)2/h5-8H,4,9,15H2,1-3H3,(H,16,17,18,19). The number of ether oxygens (including phenoxy) is 1. The molecule has 112 valence electrons. The zero-order valence-electron chi connectivity index (χ0n) is 12.5. The van der Waals surface area contributed by atoms with Crippen molar-refractivity contribution in [2.45, 2.75) is 20.4 Å². The molecule has 0 spiro atoms. The van der Waals surface area contributed by atoms with E-state index in [0.717, 1.165) is 0 Å². The molecular weight excluding hydrogens is 268 g/mol. The smallest absolute Gasteiger partial charge is 0.323 e. The van der Waals surface area contributed by atoms with Gasteiger partial charge in [-0.05, 0) is 25.0 Å². The van der Waals surface area contributed by atoms with Crippen LogP contribution < -0.4 is 20.9 Å². The van der Waals surface area contributed by atoms with Crippen LogP contribution in [0, 0.1) is 6.92 Å². The zero-order chi connectivity index (χ0) is 15.2. The molecule has 1 aromatic heterocycles. The van der Waals surface area contributed by atoms with E-state index in [9.17, 15) is 0 Å². The van der Waals surface area contributed by atoms with Crippen LogP contribution in [0.5, 0.6) is 6.01 Å². The molecule has 0 radical (unpaired) electrons. The number of hydrogen-bond donors (Lipinski definition) is 2. The third-order valence-electron chi connectivity index (χ3n) is 3.02. The molecule has 1 heterocycles. The first-order valence-corrected chi connectivity index (χ1v) is 6.75. The van der Waals surface area contributed by atoms with Crippen molar-refractivity contribution in [2.75, 3.05) is 24.0 Å². The van der Waals surface area contributed by atoms with Gasteiger partial charge >= 0.3 is 6.01 Å². The number of nitrogens with two attached hydrogens (primary N) is 1. The minimum atomic E-state index is 0.257. The summed E-state index contributed by atoms with van der Waals surface area (Å²) >= 11 is 0. The van der Waals surface area contributed by atoms with E-state index >= 15 is 0 Å². The van der Waals surface area contributed by atoms with Gasteiger partial charge in [0.05, 0.1) is 6.61 Å². The number of anilines is 2. The van der Waals surface area contributed by atoms with Crippen LogP contribution in [0.15, 0.2) is 24.3 Å². The summed E-state index contributed by atoms with van der Waals surface area (Å²) < 4.78 is 5.33. The molecular formula is C14H20N6O. The molecule has 0 saturated carbocycles. The fourth-order valence-electron chi connectivity index (χ4n) is 1.89. The molecule has 0 amide bonds. The summed E-state index contributed by atoms with van der Waals surface area (Å²) in [6.07, 6.45) is 0. The van der Waals surface area contributed by atoms with Crippen LogP contribution in [0.25, 0.3) is 0 Å². The van der Waals surface area contributed by atoms with Gasteiger partial charge in [-0.3, -0.25) is 5.43 Å². The van der Waals surface area contributed by atoms with E-state index in [2.05, 4.69) is 39.4 Å². The molecule has 3 N–H and O–H groups in total. The number of nitrogen functional groups attached to an aromatic ring is 1. The molecule has 0 aliphatic rings. The van der Waals surface area contributed by atoms with Crippen molar-refractivity contribution in [1.29, 1.82) is 0 Å². The number of hydrazine groups is 1. The summed E-state index contributed by atoms with van der Waals surface area (Å²) in [6.45, 7) is 5.12. The van der Waals surface area contributed by atoms with E-state index < -0.39 is 0 Å². The lowest BCUT2D eigenvalue weighted by Crippen LogP contribution is -2.22. The van der Waals surface area contributed by atoms with Crippen LogP contribution >= 0.6 is 0 Å². The summed E-state index contributed by atoms with van der Waals surface area (Å²) in [7, 11) is 1.91. The van der Waals surface area contributed by atoms with E-state index in [1.165, 1.54) is 11.1 Å². The maximum atomic E-state index is 5.38. The van der Waals surface area contributed by atoms with Crippen molar-refractivity contribution >= 4 is 11.9 Å². The Morgan fingerprint density at radius 2 is 2.00 bits per heavy atom. The predicted octanol–water partition coefficient (Wildman–Crippen LogP) is 1.50. The highest BCUT2D eigenvalue weighted by Gasteiger charge is 2.11. The van der Waals surface area contributed by atoms with Gasteiger partial charge in [-0.2, -0.15) is 15.0 Å². The Morgan fingerprint density at radius 1 is 1.24 bits per heavy atom. The van der Waals surface area contributed by atoms with Gasteiger partial charge in [-0.25, -0.2) is 5.84 Å². The summed E-state index contributed by atoms with van der Waals surface area (Å²) in [5, 5.41) is 0. The molecule has 0 saturated heterocycles. The summed E-state index contributed by atoms with van der Waals surface area (Å²) in [5.74, 6) is 6.17. The maximum absolute atomic E-state index is 5.38. The Kier molecular flexibility index (Phi) is 4.89. The molecule has 1 aromatic carbocycles. The number of nitrogens with one attached hydrogen (secondary N) is 1. The van der Waals surface area contributed by atoms with Gasteiger partial charge in [0.25, 0.3) is 0 Å². The van der Waals surface area contributed by atoms with E-state index in [4.69, 9.17) is 10.6 Å². The lowest BCUT2D eigenvalue weighted by Gasteiger charge is -2.19. The molecule has 0 fully saturated rings. The minimum Gasteiger partial charge on any atom is -0.464 e. The second-order valence-corrected chi connectivity index (χ2v) is 4.60. The summed E-state index contributed by atoms with van der Waals surface area (Å²) in [4.78, 5) is 14.5. The van der Waals surface area contributed by atoms with Crippen LogP contribution in [0.2, 0.25) is 0 Å². The van der Waals surface area contributed by atoms with Crippen LogP contribution in [0.1, 0.15) is 18.1 Å². The molecule has 0 unspecified atom stereocenters. The number of aromatic nitrogens is 3. The number of rotatable bonds is 6. The van der Waals surface area contributed by atoms with Crippen LogP contribution in [0.4, 0.5) is 11.9 Å². The minimum absolute atomic E-state index is 0.257. The number of hydrogen-bond acceptors (Lipinski definition) is 7. The molecule has 21 heavy (non-hydrogen) atoms. The van der Waals surface area contributed by atoms with Gasteiger partial charge in [-0.15, -0.1) is 0 Å². The SMILES string of the molecule is CCOc1nc(NN)nc(N(C)Cc2ccccc2C)n1. The van der Waals surface area contributed by atoms with Crippen molar-refractivity contribution in [2.24, 2.45) is 5.84 Å². The van der Waals surface area contributed by atoms with Gasteiger partial charge in [0.15, 0.2) is 0 Å². The first kappa shape index (κ1) is 15.0. The summed E-state index contributed by atoms with van der Waals surface area (Å²) in [5.41, 5.74) is 4.86. The molecule has 0 aliphatic heterocycles. The van der Waals surface area contributed by atoms with E-state index in [1.54, 1.807) is 0 Å². The largest absolute Gasteiger partial charge is 0.464 e. The van der Waals surface area contributed by atoms with Gasteiger partial charge in [0.1, 0.15) is 0 Å². The second-order valence-electron chi connectivity index (χ2n) is 4.60. The molecule has 2 rings (SSSR count). The maximum Gasteiger partial charge on any atom is 0.323 e. The second kappa shape index (κ2) is 6.85. The fourth-order valence-corrected chi connectivity index (χ4v) is 1.89. The van der Waals surface area contributed by atoms with Gasteiger partial charge < -0.3 is 9.64 Å².